The molecule has 4 nitrogen and oxygen atoms in total. The van der Waals surface area contributed by atoms with Crippen LogP contribution in [0.2, 0.25) is 0 Å². The second-order valence-electron chi connectivity index (χ2n) is 4.66. The minimum absolute atomic E-state index is 0.0325. The van der Waals surface area contributed by atoms with E-state index in [1.54, 1.807) is 13.3 Å². The van der Waals surface area contributed by atoms with Crippen molar-refractivity contribution in [3.63, 3.8) is 0 Å². The average Bonchev–Trinajstić information content (AvgIpc) is 2.48. The van der Waals surface area contributed by atoms with Gasteiger partial charge in [0, 0.05) is 18.3 Å². The van der Waals surface area contributed by atoms with E-state index in [2.05, 4.69) is 11.9 Å². The molecule has 1 aromatic carbocycles. The summed E-state index contributed by atoms with van der Waals surface area (Å²) in [5.41, 5.74) is 7.97. The molecule has 0 saturated carbocycles. The number of nitrogens with zero attached hydrogens (tertiary/aromatic N) is 1. The lowest BCUT2D eigenvalue weighted by Crippen LogP contribution is -2.05. The van der Waals surface area contributed by atoms with Gasteiger partial charge in [-0.1, -0.05) is 19.1 Å². The van der Waals surface area contributed by atoms with E-state index in [1.165, 1.54) is 5.56 Å². The summed E-state index contributed by atoms with van der Waals surface area (Å²) < 4.78 is 11.1. The first-order chi connectivity index (χ1) is 9.63. The molecular weight excluding hydrogens is 252 g/mol. The van der Waals surface area contributed by atoms with Gasteiger partial charge in [0.1, 0.15) is 0 Å². The second-order valence-corrected chi connectivity index (χ2v) is 4.66. The minimum Gasteiger partial charge on any atom is -0.493 e. The van der Waals surface area contributed by atoms with Gasteiger partial charge in [0.05, 0.1) is 7.11 Å². The fourth-order valence-corrected chi connectivity index (χ4v) is 1.85. The molecule has 0 saturated heterocycles. The number of pyridine rings is 1. The predicted molar refractivity (Wildman–Crippen MR) is 79.3 cm³/mol. The Morgan fingerprint density at radius 3 is 2.55 bits per heavy atom. The van der Waals surface area contributed by atoms with E-state index >= 15 is 0 Å². The number of hydrogen-bond acceptors (Lipinski definition) is 4. The largest absolute Gasteiger partial charge is 0.493 e. The van der Waals surface area contributed by atoms with Crippen LogP contribution in [-0.2, 0) is 6.42 Å². The average molecular weight is 272 g/mol. The Morgan fingerprint density at radius 2 is 2.00 bits per heavy atom. The van der Waals surface area contributed by atoms with E-state index in [9.17, 15) is 0 Å². The third-order valence-corrected chi connectivity index (χ3v) is 3.14. The van der Waals surface area contributed by atoms with Crippen LogP contribution in [0.25, 0.3) is 0 Å². The minimum atomic E-state index is -0.0325. The molecular formula is C16H20N2O2. The van der Waals surface area contributed by atoms with E-state index in [1.807, 2.05) is 37.3 Å². The molecule has 0 bridgehead atoms. The monoisotopic (exact) mass is 272 g/mol. The molecule has 20 heavy (non-hydrogen) atoms. The highest BCUT2D eigenvalue weighted by Crippen LogP contribution is 2.31. The number of aryl methyl sites for hydroxylation is 1. The Labute approximate surface area is 119 Å². The van der Waals surface area contributed by atoms with Crippen molar-refractivity contribution in [1.82, 2.24) is 4.98 Å². The quantitative estimate of drug-likeness (QED) is 0.905. The SMILES string of the molecule is CCc1ccc(Oc2ccc([C@H](C)N)cn2)c(OC)c1. The number of rotatable bonds is 5. The van der Waals surface area contributed by atoms with Crippen LogP contribution in [0.1, 0.15) is 31.0 Å². The van der Waals surface area contributed by atoms with E-state index in [4.69, 9.17) is 15.2 Å². The third kappa shape index (κ3) is 3.27. The van der Waals surface area contributed by atoms with Gasteiger partial charge in [-0.15, -0.1) is 0 Å². The Bertz CT molecular complexity index is 565. The first-order valence-corrected chi connectivity index (χ1v) is 6.70. The molecule has 2 aromatic rings. The Kier molecular flexibility index (Phi) is 4.58. The van der Waals surface area contributed by atoms with Crippen molar-refractivity contribution in [2.45, 2.75) is 26.3 Å². The maximum absolute atomic E-state index is 5.79. The van der Waals surface area contributed by atoms with Crippen LogP contribution in [0.15, 0.2) is 36.5 Å². The summed E-state index contributed by atoms with van der Waals surface area (Å²) in [5, 5.41) is 0. The molecule has 0 unspecified atom stereocenters. The molecule has 2 rings (SSSR count). The summed E-state index contributed by atoms with van der Waals surface area (Å²) in [5.74, 6) is 1.89. The van der Waals surface area contributed by atoms with Gasteiger partial charge in [-0.25, -0.2) is 4.98 Å². The van der Waals surface area contributed by atoms with Crippen LogP contribution < -0.4 is 15.2 Å². The second kappa shape index (κ2) is 6.39. The normalized spacial score (nSPS) is 12.0. The molecule has 106 valence electrons. The maximum Gasteiger partial charge on any atom is 0.219 e. The Hall–Kier alpha value is -2.07. The zero-order chi connectivity index (χ0) is 14.5. The van der Waals surface area contributed by atoms with Gasteiger partial charge < -0.3 is 15.2 Å². The molecule has 0 spiro atoms. The number of benzene rings is 1. The maximum atomic E-state index is 5.79. The number of hydrogen-bond donors (Lipinski definition) is 1. The molecule has 1 heterocycles. The highest BCUT2D eigenvalue weighted by atomic mass is 16.5. The lowest BCUT2D eigenvalue weighted by atomic mass is 10.1. The molecule has 0 aliphatic rings. The number of aromatic nitrogens is 1. The third-order valence-electron chi connectivity index (χ3n) is 3.14. The van der Waals surface area contributed by atoms with Gasteiger partial charge in [-0.2, -0.15) is 0 Å². The summed E-state index contributed by atoms with van der Waals surface area (Å²) >= 11 is 0. The van der Waals surface area contributed by atoms with Crippen molar-refractivity contribution >= 4 is 0 Å². The Morgan fingerprint density at radius 1 is 1.20 bits per heavy atom. The highest BCUT2D eigenvalue weighted by Gasteiger charge is 2.08. The predicted octanol–water partition coefficient (Wildman–Crippen LogP) is 3.46. The smallest absolute Gasteiger partial charge is 0.219 e. The number of methoxy groups -OCH3 is 1. The number of nitrogens with two attached hydrogens (primary N) is 1. The molecule has 0 aliphatic heterocycles. The summed E-state index contributed by atoms with van der Waals surface area (Å²) in [4.78, 5) is 4.26. The van der Waals surface area contributed by atoms with Crippen molar-refractivity contribution in [1.29, 1.82) is 0 Å². The first-order valence-electron chi connectivity index (χ1n) is 6.70. The molecule has 0 fully saturated rings. The Balaban J connectivity index is 2.20. The molecule has 0 amide bonds. The molecule has 0 aliphatic carbocycles. The van der Waals surface area contributed by atoms with E-state index in [-0.39, 0.29) is 6.04 Å². The van der Waals surface area contributed by atoms with E-state index < -0.39 is 0 Å². The van der Waals surface area contributed by atoms with Gasteiger partial charge in [0.25, 0.3) is 0 Å². The molecule has 0 radical (unpaired) electrons. The van der Waals surface area contributed by atoms with Crippen LogP contribution in [-0.4, -0.2) is 12.1 Å². The number of ether oxygens (including phenoxy) is 2. The van der Waals surface area contributed by atoms with Crippen molar-refractivity contribution in [2.75, 3.05) is 7.11 Å². The lowest BCUT2D eigenvalue weighted by Gasteiger charge is -2.11. The van der Waals surface area contributed by atoms with Crippen LogP contribution in [0, 0.1) is 0 Å². The van der Waals surface area contributed by atoms with Crippen LogP contribution in [0.4, 0.5) is 0 Å². The van der Waals surface area contributed by atoms with Crippen LogP contribution in [0.3, 0.4) is 0 Å². The van der Waals surface area contributed by atoms with Gasteiger partial charge in [0.2, 0.25) is 5.88 Å². The molecule has 1 aromatic heterocycles. The van der Waals surface area contributed by atoms with E-state index in [0.29, 0.717) is 17.4 Å². The summed E-state index contributed by atoms with van der Waals surface area (Å²) in [6, 6.07) is 9.60. The molecule has 2 N–H and O–H groups in total. The zero-order valence-corrected chi connectivity index (χ0v) is 12.1. The standard InChI is InChI=1S/C16H20N2O2/c1-4-12-5-7-14(15(9-12)19-3)20-16-8-6-13(10-18-16)11(2)17/h5-11H,4,17H2,1-3H3/t11-/m0/s1. The molecule has 1 atom stereocenters. The summed E-state index contributed by atoms with van der Waals surface area (Å²) in [6.07, 6.45) is 2.69. The van der Waals surface area contributed by atoms with Crippen molar-refractivity contribution in [3.8, 4) is 17.4 Å². The van der Waals surface area contributed by atoms with Gasteiger partial charge in [-0.3, -0.25) is 0 Å². The summed E-state index contributed by atoms with van der Waals surface area (Å²) in [7, 11) is 1.63. The zero-order valence-electron chi connectivity index (χ0n) is 12.1. The highest BCUT2D eigenvalue weighted by molar-refractivity contribution is 5.44. The van der Waals surface area contributed by atoms with E-state index in [0.717, 1.165) is 12.0 Å². The summed E-state index contributed by atoms with van der Waals surface area (Å²) in [6.45, 7) is 4.02. The van der Waals surface area contributed by atoms with Gasteiger partial charge in [-0.05, 0) is 36.6 Å². The van der Waals surface area contributed by atoms with Crippen molar-refractivity contribution in [2.24, 2.45) is 5.73 Å². The fraction of sp³-hybridized carbons (Fsp3) is 0.312. The topological polar surface area (TPSA) is 57.4 Å². The fourth-order valence-electron chi connectivity index (χ4n) is 1.85. The first kappa shape index (κ1) is 14.3. The van der Waals surface area contributed by atoms with Crippen LogP contribution in [0.5, 0.6) is 17.4 Å². The van der Waals surface area contributed by atoms with Gasteiger partial charge in [0.15, 0.2) is 11.5 Å². The van der Waals surface area contributed by atoms with Gasteiger partial charge >= 0.3 is 0 Å². The van der Waals surface area contributed by atoms with Crippen LogP contribution >= 0.6 is 0 Å². The molecule has 4 heteroatoms. The van der Waals surface area contributed by atoms with Crippen molar-refractivity contribution < 1.29 is 9.47 Å². The van der Waals surface area contributed by atoms with Crippen molar-refractivity contribution in [3.05, 3.63) is 47.7 Å². The lowest BCUT2D eigenvalue weighted by molar-refractivity contribution is 0.373.